The number of fused-ring (bicyclic) bond motifs is 1. The van der Waals surface area contributed by atoms with Gasteiger partial charge in [-0.3, -0.25) is 14.5 Å². The van der Waals surface area contributed by atoms with Crippen LogP contribution in [0, 0.1) is 6.92 Å². The van der Waals surface area contributed by atoms with Gasteiger partial charge in [0, 0.05) is 17.1 Å². The third kappa shape index (κ3) is 4.43. The number of rotatable bonds is 5. The second kappa shape index (κ2) is 9.08. The number of thiazole rings is 1. The molecule has 3 aromatic rings. The van der Waals surface area contributed by atoms with Crippen LogP contribution in [0.3, 0.4) is 0 Å². The highest BCUT2D eigenvalue weighted by Gasteiger charge is 2.35. The first kappa shape index (κ1) is 21.3. The molecule has 1 aliphatic rings. The Kier molecular flexibility index (Phi) is 6.25. The maximum atomic E-state index is 13.6. The van der Waals surface area contributed by atoms with E-state index in [0.29, 0.717) is 33.6 Å². The fraction of sp³-hybridized carbons (Fsp3) is 0.261. The van der Waals surface area contributed by atoms with Crippen molar-refractivity contribution in [3.8, 4) is 16.3 Å². The van der Waals surface area contributed by atoms with Crippen LogP contribution in [-0.2, 0) is 4.79 Å². The SMILES string of the molecule is CCCNC(=O)[C@@H]1CN(C(=O)c2sc(-c3cccc(Cl)c3)nc2C)c2ccccc2O1. The molecule has 1 N–H and O–H groups in total. The summed E-state index contributed by atoms with van der Waals surface area (Å²) < 4.78 is 5.89. The molecule has 0 fully saturated rings. The van der Waals surface area contributed by atoms with Crippen molar-refractivity contribution in [2.45, 2.75) is 26.4 Å². The fourth-order valence-corrected chi connectivity index (χ4v) is 4.59. The maximum absolute atomic E-state index is 13.6. The Labute approximate surface area is 189 Å². The first-order valence-corrected chi connectivity index (χ1v) is 11.3. The number of nitrogens with one attached hydrogen (secondary N) is 1. The lowest BCUT2D eigenvalue weighted by Gasteiger charge is -2.34. The van der Waals surface area contributed by atoms with E-state index in [4.69, 9.17) is 16.3 Å². The molecule has 0 bridgehead atoms. The lowest BCUT2D eigenvalue weighted by Crippen LogP contribution is -2.50. The largest absolute Gasteiger partial charge is 0.477 e. The van der Waals surface area contributed by atoms with E-state index in [0.717, 1.165) is 17.0 Å². The molecule has 2 aromatic carbocycles. The molecule has 0 saturated carbocycles. The van der Waals surface area contributed by atoms with Crippen molar-refractivity contribution in [2.24, 2.45) is 0 Å². The highest BCUT2D eigenvalue weighted by molar-refractivity contribution is 7.17. The number of amides is 2. The predicted molar refractivity (Wildman–Crippen MR) is 123 cm³/mol. The van der Waals surface area contributed by atoms with E-state index in [1.165, 1.54) is 11.3 Å². The number of aryl methyl sites for hydroxylation is 1. The molecule has 0 spiro atoms. The molecule has 0 saturated heterocycles. The van der Waals surface area contributed by atoms with Crippen LogP contribution >= 0.6 is 22.9 Å². The minimum Gasteiger partial charge on any atom is -0.477 e. The Bertz CT molecular complexity index is 1130. The molecule has 0 aliphatic carbocycles. The Balaban J connectivity index is 1.66. The van der Waals surface area contributed by atoms with Crippen molar-refractivity contribution >= 4 is 40.4 Å². The molecule has 2 amide bonds. The van der Waals surface area contributed by atoms with Crippen LogP contribution in [0.1, 0.15) is 28.7 Å². The Morgan fingerprint density at radius 3 is 2.84 bits per heavy atom. The number of para-hydroxylation sites is 2. The minimum atomic E-state index is -0.772. The molecular formula is C23H22ClN3O3S. The molecule has 0 radical (unpaired) electrons. The van der Waals surface area contributed by atoms with Crippen LogP contribution in [0.4, 0.5) is 5.69 Å². The number of halogens is 1. The van der Waals surface area contributed by atoms with Gasteiger partial charge in [0.2, 0.25) is 0 Å². The van der Waals surface area contributed by atoms with Crippen molar-refractivity contribution in [3.63, 3.8) is 0 Å². The highest BCUT2D eigenvalue weighted by atomic mass is 35.5. The molecule has 8 heteroatoms. The molecule has 31 heavy (non-hydrogen) atoms. The topological polar surface area (TPSA) is 71.5 Å². The van der Waals surface area contributed by atoms with Crippen LogP contribution in [0.15, 0.2) is 48.5 Å². The Morgan fingerprint density at radius 1 is 1.26 bits per heavy atom. The summed E-state index contributed by atoms with van der Waals surface area (Å²) in [6, 6.07) is 14.6. The molecule has 160 valence electrons. The lowest BCUT2D eigenvalue weighted by molar-refractivity contribution is -0.127. The quantitative estimate of drug-likeness (QED) is 0.605. The zero-order chi connectivity index (χ0) is 22.0. The van der Waals surface area contributed by atoms with Gasteiger partial charge in [-0.25, -0.2) is 4.98 Å². The number of ether oxygens (including phenoxy) is 1. The average molecular weight is 456 g/mol. The van der Waals surface area contributed by atoms with E-state index >= 15 is 0 Å². The van der Waals surface area contributed by atoms with Crippen LogP contribution in [0.5, 0.6) is 5.75 Å². The smallest absolute Gasteiger partial charge is 0.270 e. The van der Waals surface area contributed by atoms with Crippen molar-refractivity contribution in [1.29, 1.82) is 0 Å². The van der Waals surface area contributed by atoms with Gasteiger partial charge >= 0.3 is 0 Å². The van der Waals surface area contributed by atoms with Crippen LogP contribution in [-0.4, -0.2) is 36.0 Å². The second-order valence-electron chi connectivity index (χ2n) is 7.22. The molecular weight excluding hydrogens is 434 g/mol. The van der Waals surface area contributed by atoms with E-state index in [1.807, 2.05) is 50.2 Å². The number of anilines is 1. The van der Waals surface area contributed by atoms with Gasteiger partial charge < -0.3 is 10.1 Å². The summed E-state index contributed by atoms with van der Waals surface area (Å²) in [5.41, 5.74) is 2.14. The number of carbonyl (C=O) groups excluding carboxylic acids is 2. The van der Waals surface area contributed by atoms with E-state index in [-0.39, 0.29) is 18.4 Å². The van der Waals surface area contributed by atoms with Crippen LogP contribution in [0.25, 0.3) is 10.6 Å². The van der Waals surface area contributed by atoms with Gasteiger partial charge in [-0.15, -0.1) is 11.3 Å². The summed E-state index contributed by atoms with van der Waals surface area (Å²) in [4.78, 5) is 32.8. The molecule has 1 aliphatic heterocycles. The zero-order valence-corrected chi connectivity index (χ0v) is 18.8. The van der Waals surface area contributed by atoms with E-state index < -0.39 is 6.10 Å². The Hall–Kier alpha value is -2.90. The highest BCUT2D eigenvalue weighted by Crippen LogP contribution is 2.36. The fourth-order valence-electron chi connectivity index (χ4n) is 3.39. The predicted octanol–water partition coefficient (Wildman–Crippen LogP) is 4.71. The summed E-state index contributed by atoms with van der Waals surface area (Å²) >= 11 is 7.43. The summed E-state index contributed by atoms with van der Waals surface area (Å²) in [5, 5.41) is 4.19. The van der Waals surface area contributed by atoms with Crippen LogP contribution < -0.4 is 15.0 Å². The van der Waals surface area contributed by atoms with Gasteiger partial charge in [-0.05, 0) is 37.6 Å². The molecule has 0 unspecified atom stereocenters. The van der Waals surface area contributed by atoms with E-state index in [1.54, 1.807) is 17.0 Å². The molecule has 1 atom stereocenters. The number of aromatic nitrogens is 1. The van der Waals surface area contributed by atoms with Gasteiger partial charge in [0.1, 0.15) is 15.6 Å². The maximum Gasteiger partial charge on any atom is 0.270 e. The first-order chi connectivity index (χ1) is 15.0. The summed E-state index contributed by atoms with van der Waals surface area (Å²) in [6.45, 7) is 4.49. The number of carbonyl (C=O) groups is 2. The van der Waals surface area contributed by atoms with Gasteiger partial charge in [-0.1, -0.05) is 42.8 Å². The Morgan fingerprint density at radius 2 is 2.06 bits per heavy atom. The van der Waals surface area contributed by atoms with Gasteiger partial charge in [0.25, 0.3) is 11.8 Å². The standard InChI is InChI=1S/C23H22ClN3O3S/c1-3-11-25-21(28)19-13-27(17-9-4-5-10-18(17)30-19)23(29)20-14(2)26-22(31-20)15-7-6-8-16(24)12-15/h4-10,12,19H,3,11,13H2,1-2H3,(H,25,28)/t19-/m0/s1. The normalized spacial score (nSPS) is 15.2. The first-order valence-electron chi connectivity index (χ1n) is 10.1. The van der Waals surface area contributed by atoms with Gasteiger partial charge in [0.05, 0.1) is 17.9 Å². The molecule has 4 rings (SSSR count). The van der Waals surface area contributed by atoms with E-state index in [2.05, 4.69) is 10.3 Å². The molecule has 6 nitrogen and oxygen atoms in total. The zero-order valence-electron chi connectivity index (χ0n) is 17.2. The summed E-state index contributed by atoms with van der Waals surface area (Å²) in [7, 11) is 0. The van der Waals surface area contributed by atoms with Crippen molar-refractivity contribution in [2.75, 3.05) is 18.0 Å². The number of benzene rings is 2. The number of hydrogen-bond acceptors (Lipinski definition) is 5. The second-order valence-corrected chi connectivity index (χ2v) is 8.66. The van der Waals surface area contributed by atoms with Crippen molar-refractivity contribution in [1.82, 2.24) is 10.3 Å². The number of hydrogen-bond donors (Lipinski definition) is 1. The lowest BCUT2D eigenvalue weighted by atomic mass is 10.1. The summed E-state index contributed by atoms with van der Waals surface area (Å²) in [5.74, 6) is 0.0816. The monoisotopic (exact) mass is 455 g/mol. The average Bonchev–Trinajstić information content (AvgIpc) is 3.17. The van der Waals surface area contributed by atoms with Crippen molar-refractivity contribution in [3.05, 3.63) is 64.1 Å². The third-order valence-electron chi connectivity index (χ3n) is 4.92. The minimum absolute atomic E-state index is 0.134. The molecule has 2 heterocycles. The van der Waals surface area contributed by atoms with E-state index in [9.17, 15) is 9.59 Å². The van der Waals surface area contributed by atoms with Crippen molar-refractivity contribution < 1.29 is 14.3 Å². The molecule has 1 aromatic heterocycles. The van der Waals surface area contributed by atoms with Gasteiger partial charge in [0.15, 0.2) is 6.10 Å². The van der Waals surface area contributed by atoms with Gasteiger partial charge in [-0.2, -0.15) is 0 Å². The van der Waals surface area contributed by atoms with Crippen LogP contribution in [0.2, 0.25) is 5.02 Å². The number of nitrogens with zero attached hydrogens (tertiary/aromatic N) is 2. The summed E-state index contributed by atoms with van der Waals surface area (Å²) in [6.07, 6.45) is 0.0512. The third-order valence-corrected chi connectivity index (χ3v) is 6.35.